The van der Waals surface area contributed by atoms with Gasteiger partial charge in [-0.15, -0.1) is 11.6 Å². The Balaban J connectivity index is 3.07. The molecule has 0 aliphatic rings. The van der Waals surface area contributed by atoms with E-state index in [0.29, 0.717) is 16.7 Å². The van der Waals surface area contributed by atoms with Gasteiger partial charge in [0.25, 0.3) is 0 Å². The third-order valence-electron chi connectivity index (χ3n) is 2.40. The first kappa shape index (κ1) is 15.2. The Kier molecular flexibility index (Phi) is 6.04. The Bertz CT molecular complexity index is 520. The number of nitrogens with zero attached hydrogens (tertiary/aromatic N) is 1. The van der Waals surface area contributed by atoms with Gasteiger partial charge in [-0.1, -0.05) is 6.07 Å². The van der Waals surface area contributed by atoms with Crippen molar-refractivity contribution in [2.45, 2.75) is 19.8 Å². The van der Waals surface area contributed by atoms with Crippen LogP contribution in [0.3, 0.4) is 0 Å². The molecule has 1 aromatic carbocycles. The van der Waals surface area contributed by atoms with Gasteiger partial charge in [0.1, 0.15) is 0 Å². The van der Waals surface area contributed by atoms with E-state index in [9.17, 15) is 9.59 Å². The molecular weight excluding hydrogens is 266 g/mol. The quantitative estimate of drug-likeness (QED) is 0.592. The number of hydrogen-bond acceptors (Lipinski definition) is 4. The van der Waals surface area contributed by atoms with Gasteiger partial charge in [0.15, 0.2) is 5.78 Å². The van der Waals surface area contributed by atoms with E-state index in [0.717, 1.165) is 0 Å². The molecule has 0 fully saturated rings. The summed E-state index contributed by atoms with van der Waals surface area (Å²) in [5.41, 5.74) is 1.71. The number of carbonyl (C=O) groups is 2. The maximum Gasteiger partial charge on any atom is 0.338 e. The lowest BCUT2D eigenvalue weighted by Gasteiger charge is -2.07. The summed E-state index contributed by atoms with van der Waals surface area (Å²) >= 11 is 5.46. The molecule has 19 heavy (non-hydrogen) atoms. The summed E-state index contributed by atoms with van der Waals surface area (Å²) in [6.45, 7) is 1.99. The number of ketones is 1. The maximum absolute atomic E-state index is 11.7. The fourth-order valence-electron chi connectivity index (χ4n) is 1.67. The fourth-order valence-corrected chi connectivity index (χ4v) is 1.76. The van der Waals surface area contributed by atoms with Crippen LogP contribution in [0.5, 0.6) is 0 Å². The molecule has 0 saturated carbocycles. The second-order valence-electron chi connectivity index (χ2n) is 3.94. The van der Waals surface area contributed by atoms with Crippen molar-refractivity contribution in [2.75, 3.05) is 12.5 Å². The summed E-state index contributed by atoms with van der Waals surface area (Å²) in [6, 6.07) is 6.95. The summed E-state index contributed by atoms with van der Waals surface area (Å²) in [4.78, 5) is 23.0. The standard InChI is InChI=1S/C14H14ClNO3/c1-2-19-14(18)12-6-10(3-4-16)5-11(7-12)8-13(17)9-15/h5-7H,2-3,8-9H2,1H3. The lowest BCUT2D eigenvalue weighted by molar-refractivity contribution is -0.116. The Morgan fingerprint density at radius 3 is 2.58 bits per heavy atom. The molecule has 0 heterocycles. The zero-order chi connectivity index (χ0) is 14.3. The molecule has 0 aliphatic heterocycles. The van der Waals surface area contributed by atoms with Gasteiger partial charge in [-0.25, -0.2) is 4.79 Å². The lowest BCUT2D eigenvalue weighted by atomic mass is 10.0. The van der Waals surface area contributed by atoms with Crippen LogP contribution in [0.2, 0.25) is 0 Å². The highest BCUT2D eigenvalue weighted by Crippen LogP contribution is 2.13. The van der Waals surface area contributed by atoms with Crippen LogP contribution in [0.1, 0.15) is 28.4 Å². The predicted molar refractivity (Wildman–Crippen MR) is 71.1 cm³/mol. The summed E-state index contributed by atoms with van der Waals surface area (Å²) in [5, 5.41) is 8.72. The van der Waals surface area contributed by atoms with Gasteiger partial charge < -0.3 is 4.74 Å². The minimum Gasteiger partial charge on any atom is -0.462 e. The van der Waals surface area contributed by atoms with E-state index in [1.807, 2.05) is 6.07 Å². The van der Waals surface area contributed by atoms with Crippen molar-refractivity contribution in [1.82, 2.24) is 0 Å². The Morgan fingerprint density at radius 2 is 2.00 bits per heavy atom. The number of nitriles is 1. The number of carbonyl (C=O) groups excluding carboxylic acids is 2. The third kappa shape index (κ3) is 4.72. The van der Waals surface area contributed by atoms with Crippen LogP contribution >= 0.6 is 11.6 Å². The van der Waals surface area contributed by atoms with Crippen LogP contribution in [-0.4, -0.2) is 24.2 Å². The molecule has 4 nitrogen and oxygen atoms in total. The topological polar surface area (TPSA) is 67.2 Å². The summed E-state index contributed by atoms with van der Waals surface area (Å²) in [6.07, 6.45) is 0.324. The highest BCUT2D eigenvalue weighted by molar-refractivity contribution is 6.27. The molecule has 0 unspecified atom stereocenters. The second kappa shape index (κ2) is 7.55. The van der Waals surface area contributed by atoms with Gasteiger partial charge in [0, 0.05) is 6.42 Å². The van der Waals surface area contributed by atoms with E-state index in [2.05, 4.69) is 0 Å². The molecule has 0 spiro atoms. The fraction of sp³-hybridized carbons (Fsp3) is 0.357. The van der Waals surface area contributed by atoms with Crippen LogP contribution in [0.4, 0.5) is 0 Å². The number of alkyl halides is 1. The molecule has 5 heteroatoms. The lowest BCUT2D eigenvalue weighted by Crippen LogP contribution is -2.09. The molecule has 0 amide bonds. The van der Waals surface area contributed by atoms with E-state index >= 15 is 0 Å². The number of Topliss-reactive ketones (excluding diaryl/α,β-unsaturated/α-hetero) is 1. The van der Waals surface area contributed by atoms with Crippen LogP contribution < -0.4 is 0 Å². The zero-order valence-corrected chi connectivity index (χ0v) is 11.4. The molecular formula is C14H14ClNO3. The van der Waals surface area contributed by atoms with Crippen molar-refractivity contribution in [2.24, 2.45) is 0 Å². The van der Waals surface area contributed by atoms with Crippen molar-refractivity contribution in [3.05, 3.63) is 34.9 Å². The molecule has 0 bridgehead atoms. The van der Waals surface area contributed by atoms with Crippen LogP contribution in [0.15, 0.2) is 18.2 Å². The van der Waals surface area contributed by atoms with Crippen LogP contribution in [0, 0.1) is 11.3 Å². The van der Waals surface area contributed by atoms with E-state index in [-0.39, 0.29) is 31.1 Å². The zero-order valence-electron chi connectivity index (χ0n) is 10.6. The Morgan fingerprint density at radius 1 is 1.32 bits per heavy atom. The number of esters is 1. The SMILES string of the molecule is CCOC(=O)c1cc(CC#N)cc(CC(=O)CCl)c1. The molecule has 1 aromatic rings. The number of benzene rings is 1. The first-order chi connectivity index (χ1) is 9.10. The maximum atomic E-state index is 11.7. The Hall–Kier alpha value is -1.86. The summed E-state index contributed by atoms with van der Waals surface area (Å²) < 4.78 is 4.91. The minimum absolute atomic E-state index is 0.0722. The molecule has 0 atom stereocenters. The highest BCUT2D eigenvalue weighted by Gasteiger charge is 2.11. The minimum atomic E-state index is -0.457. The van der Waals surface area contributed by atoms with E-state index < -0.39 is 5.97 Å². The number of hydrogen-bond donors (Lipinski definition) is 0. The molecule has 100 valence electrons. The second-order valence-corrected chi connectivity index (χ2v) is 4.21. The third-order valence-corrected chi connectivity index (χ3v) is 2.70. The van der Waals surface area contributed by atoms with Crippen molar-refractivity contribution in [3.8, 4) is 6.07 Å². The first-order valence-corrected chi connectivity index (χ1v) is 6.38. The van der Waals surface area contributed by atoms with E-state index in [1.54, 1.807) is 25.1 Å². The average Bonchev–Trinajstić information content (AvgIpc) is 2.39. The van der Waals surface area contributed by atoms with E-state index in [4.69, 9.17) is 21.6 Å². The molecule has 1 rings (SSSR count). The van der Waals surface area contributed by atoms with Gasteiger partial charge in [0.05, 0.1) is 30.5 Å². The smallest absolute Gasteiger partial charge is 0.338 e. The van der Waals surface area contributed by atoms with Gasteiger partial charge in [-0.05, 0) is 30.2 Å². The van der Waals surface area contributed by atoms with Gasteiger partial charge in [-0.2, -0.15) is 5.26 Å². The number of halogens is 1. The first-order valence-electron chi connectivity index (χ1n) is 5.85. The number of rotatable bonds is 6. The van der Waals surface area contributed by atoms with Gasteiger partial charge in [0.2, 0.25) is 0 Å². The van der Waals surface area contributed by atoms with Crippen LogP contribution in [-0.2, 0) is 22.4 Å². The van der Waals surface area contributed by atoms with Crippen molar-refractivity contribution in [1.29, 1.82) is 5.26 Å². The van der Waals surface area contributed by atoms with Crippen LogP contribution in [0.25, 0.3) is 0 Å². The average molecular weight is 280 g/mol. The Labute approximate surface area is 116 Å². The summed E-state index contributed by atoms with van der Waals surface area (Å²) in [5.74, 6) is -0.663. The highest BCUT2D eigenvalue weighted by atomic mass is 35.5. The normalized spacial score (nSPS) is 9.74. The monoisotopic (exact) mass is 279 g/mol. The number of ether oxygens (including phenoxy) is 1. The largest absolute Gasteiger partial charge is 0.462 e. The molecule has 0 aliphatic carbocycles. The summed E-state index contributed by atoms with van der Waals surface area (Å²) in [7, 11) is 0. The van der Waals surface area contributed by atoms with Crippen molar-refractivity contribution in [3.63, 3.8) is 0 Å². The molecule has 0 N–H and O–H groups in total. The van der Waals surface area contributed by atoms with Gasteiger partial charge >= 0.3 is 5.97 Å². The van der Waals surface area contributed by atoms with Crippen molar-refractivity contribution >= 4 is 23.4 Å². The van der Waals surface area contributed by atoms with E-state index in [1.165, 1.54) is 0 Å². The molecule has 0 radical (unpaired) electrons. The van der Waals surface area contributed by atoms with Gasteiger partial charge in [-0.3, -0.25) is 4.79 Å². The van der Waals surface area contributed by atoms with Crippen molar-refractivity contribution < 1.29 is 14.3 Å². The molecule has 0 saturated heterocycles. The molecule has 0 aromatic heterocycles. The predicted octanol–water partition coefficient (Wildman–Crippen LogP) is 2.28.